The monoisotopic (exact) mass is 428 g/mol. The molecule has 0 radical (unpaired) electrons. The van der Waals surface area contributed by atoms with Gasteiger partial charge >= 0.3 is 0 Å². The minimum atomic E-state index is -3.70. The number of nitrogens with zero attached hydrogens (tertiary/aromatic N) is 3. The average Bonchev–Trinajstić information content (AvgIpc) is 3.25. The first kappa shape index (κ1) is 21.4. The van der Waals surface area contributed by atoms with Crippen molar-refractivity contribution in [2.45, 2.75) is 13.5 Å². The molecule has 3 aromatic rings. The van der Waals surface area contributed by atoms with Gasteiger partial charge in [-0.1, -0.05) is 30.3 Å². The highest BCUT2D eigenvalue weighted by Crippen LogP contribution is 2.29. The number of carbonyl (C=O) groups is 1. The zero-order valence-electron chi connectivity index (χ0n) is 16.9. The normalized spacial score (nSPS) is 11.1. The molecule has 0 aliphatic carbocycles. The molecule has 0 saturated heterocycles. The first-order valence-corrected chi connectivity index (χ1v) is 11.3. The number of benzene rings is 2. The van der Waals surface area contributed by atoms with E-state index in [4.69, 9.17) is 4.74 Å². The largest absolute Gasteiger partial charge is 0.492 e. The van der Waals surface area contributed by atoms with Crippen LogP contribution in [0, 0.1) is 0 Å². The summed E-state index contributed by atoms with van der Waals surface area (Å²) in [7, 11) is -3.70. The average molecular weight is 429 g/mol. The predicted molar refractivity (Wildman–Crippen MR) is 115 cm³/mol. The second kappa shape index (κ2) is 9.45. The number of rotatable bonds is 9. The molecule has 0 saturated carbocycles. The van der Waals surface area contributed by atoms with Crippen LogP contribution in [0.5, 0.6) is 5.75 Å². The van der Waals surface area contributed by atoms with E-state index >= 15 is 0 Å². The van der Waals surface area contributed by atoms with E-state index in [-0.39, 0.29) is 13.1 Å². The topological polar surface area (TPSA) is 93.5 Å². The van der Waals surface area contributed by atoms with Crippen molar-refractivity contribution in [2.75, 3.05) is 23.7 Å². The third-order valence-corrected chi connectivity index (χ3v) is 5.50. The minimum Gasteiger partial charge on any atom is -0.492 e. The van der Waals surface area contributed by atoms with Crippen molar-refractivity contribution in [3.8, 4) is 11.4 Å². The quantitative estimate of drug-likeness (QED) is 0.565. The van der Waals surface area contributed by atoms with Gasteiger partial charge in [-0.2, -0.15) is 0 Å². The van der Waals surface area contributed by atoms with Gasteiger partial charge in [0.1, 0.15) is 12.3 Å². The van der Waals surface area contributed by atoms with Crippen molar-refractivity contribution in [2.24, 2.45) is 0 Å². The summed E-state index contributed by atoms with van der Waals surface area (Å²) in [6.45, 7) is 2.09. The van der Waals surface area contributed by atoms with E-state index in [0.717, 1.165) is 21.8 Å². The van der Waals surface area contributed by atoms with Crippen LogP contribution in [0.2, 0.25) is 0 Å². The number of hydrogen-bond donors (Lipinski definition) is 1. The summed E-state index contributed by atoms with van der Waals surface area (Å²) in [6.07, 6.45) is 6.24. The van der Waals surface area contributed by atoms with Crippen LogP contribution in [0.3, 0.4) is 0 Å². The van der Waals surface area contributed by atoms with Crippen molar-refractivity contribution in [3.63, 3.8) is 0 Å². The van der Waals surface area contributed by atoms with Crippen molar-refractivity contribution in [3.05, 3.63) is 72.8 Å². The maximum absolute atomic E-state index is 12.6. The molecule has 158 valence electrons. The number of carbonyl (C=O) groups excluding carboxylic acids is 1. The Labute approximate surface area is 176 Å². The van der Waals surface area contributed by atoms with E-state index in [1.165, 1.54) is 0 Å². The molecular weight excluding hydrogens is 404 g/mol. The summed E-state index contributed by atoms with van der Waals surface area (Å²) in [4.78, 5) is 16.7. The van der Waals surface area contributed by atoms with Gasteiger partial charge < -0.3 is 14.6 Å². The number of hydrogen-bond acceptors (Lipinski definition) is 5. The predicted octanol–water partition coefficient (Wildman–Crippen LogP) is 2.35. The van der Waals surface area contributed by atoms with Gasteiger partial charge in [0.05, 0.1) is 30.6 Å². The lowest BCUT2D eigenvalue weighted by Gasteiger charge is -2.24. The molecule has 3 rings (SSSR count). The molecule has 9 heteroatoms. The summed E-state index contributed by atoms with van der Waals surface area (Å²) >= 11 is 0. The standard InChI is InChI=1S/C21H24N4O4S/c1-3-29-20-11-7-6-10-19(20)25(30(2,27)28)15-21(26)23-14-17-8-4-5-9-18(17)24-13-12-22-16-24/h4-13,16H,3,14-15H2,1-2H3,(H,23,26). The Morgan fingerprint density at radius 1 is 1.17 bits per heavy atom. The van der Waals surface area contributed by atoms with Gasteiger partial charge in [-0.3, -0.25) is 9.10 Å². The first-order chi connectivity index (χ1) is 14.4. The SMILES string of the molecule is CCOc1ccccc1N(CC(=O)NCc1ccccc1-n1ccnc1)S(C)(=O)=O. The van der Waals surface area contributed by atoms with Crippen LogP contribution < -0.4 is 14.4 Å². The van der Waals surface area contributed by atoms with E-state index in [0.29, 0.717) is 18.0 Å². The Morgan fingerprint density at radius 2 is 1.90 bits per heavy atom. The lowest BCUT2D eigenvalue weighted by atomic mass is 10.1. The summed E-state index contributed by atoms with van der Waals surface area (Å²) in [5.41, 5.74) is 2.09. The van der Waals surface area contributed by atoms with Gasteiger partial charge in [0.15, 0.2) is 0 Å². The third-order valence-electron chi connectivity index (χ3n) is 4.37. The fourth-order valence-corrected chi connectivity index (χ4v) is 3.88. The Bertz CT molecular complexity index is 1100. The summed E-state index contributed by atoms with van der Waals surface area (Å²) in [5.74, 6) is -0.0177. The highest BCUT2D eigenvalue weighted by atomic mass is 32.2. The van der Waals surface area contributed by atoms with E-state index < -0.39 is 15.9 Å². The highest BCUT2D eigenvalue weighted by molar-refractivity contribution is 7.92. The number of anilines is 1. The Morgan fingerprint density at radius 3 is 2.60 bits per heavy atom. The van der Waals surface area contributed by atoms with Crippen molar-refractivity contribution in [1.82, 2.24) is 14.9 Å². The van der Waals surface area contributed by atoms with Crippen LogP contribution in [0.15, 0.2) is 67.3 Å². The van der Waals surface area contributed by atoms with E-state index in [1.54, 1.807) is 36.8 Å². The maximum Gasteiger partial charge on any atom is 0.241 e. The van der Waals surface area contributed by atoms with Crippen molar-refractivity contribution < 1.29 is 17.9 Å². The van der Waals surface area contributed by atoms with Gasteiger partial charge in [0.25, 0.3) is 0 Å². The number of nitrogens with one attached hydrogen (secondary N) is 1. The van der Waals surface area contributed by atoms with Crippen LogP contribution in [0.1, 0.15) is 12.5 Å². The van der Waals surface area contributed by atoms with Gasteiger partial charge in [-0.15, -0.1) is 0 Å². The molecule has 0 unspecified atom stereocenters. The van der Waals surface area contributed by atoms with Crippen molar-refractivity contribution >= 4 is 21.6 Å². The number of aromatic nitrogens is 2. The highest BCUT2D eigenvalue weighted by Gasteiger charge is 2.23. The van der Waals surface area contributed by atoms with Crippen LogP contribution in [-0.2, 0) is 21.4 Å². The fourth-order valence-electron chi connectivity index (χ4n) is 3.02. The first-order valence-electron chi connectivity index (χ1n) is 9.42. The molecule has 30 heavy (non-hydrogen) atoms. The zero-order valence-corrected chi connectivity index (χ0v) is 17.7. The molecule has 0 aliphatic rings. The molecule has 0 spiro atoms. The summed E-state index contributed by atoms with van der Waals surface area (Å²) < 4.78 is 33.2. The van der Waals surface area contributed by atoms with E-state index in [9.17, 15) is 13.2 Å². The van der Waals surface area contributed by atoms with Crippen molar-refractivity contribution in [1.29, 1.82) is 0 Å². The summed E-state index contributed by atoms with van der Waals surface area (Å²) in [6, 6.07) is 14.3. The Balaban J connectivity index is 1.76. The lowest BCUT2D eigenvalue weighted by molar-refractivity contribution is -0.119. The number of amides is 1. The number of para-hydroxylation sites is 3. The number of ether oxygens (including phenoxy) is 1. The Kier molecular flexibility index (Phi) is 6.73. The molecule has 0 atom stereocenters. The fraction of sp³-hybridized carbons (Fsp3) is 0.238. The number of imidazole rings is 1. The second-order valence-electron chi connectivity index (χ2n) is 6.55. The minimum absolute atomic E-state index is 0.248. The molecule has 0 fully saturated rings. The molecule has 8 nitrogen and oxygen atoms in total. The third kappa shape index (κ3) is 5.18. The van der Waals surface area contributed by atoms with E-state index in [1.807, 2.05) is 42.0 Å². The molecular formula is C21H24N4O4S. The van der Waals surface area contributed by atoms with Gasteiger partial charge in [0, 0.05) is 18.9 Å². The summed E-state index contributed by atoms with van der Waals surface area (Å²) in [5, 5.41) is 2.81. The van der Waals surface area contributed by atoms with Gasteiger partial charge in [-0.05, 0) is 30.7 Å². The lowest BCUT2D eigenvalue weighted by Crippen LogP contribution is -2.40. The maximum atomic E-state index is 12.6. The van der Waals surface area contributed by atoms with Gasteiger partial charge in [-0.25, -0.2) is 13.4 Å². The van der Waals surface area contributed by atoms with Crippen LogP contribution in [0.25, 0.3) is 5.69 Å². The van der Waals surface area contributed by atoms with E-state index in [2.05, 4.69) is 10.3 Å². The molecule has 1 amide bonds. The molecule has 2 aromatic carbocycles. The second-order valence-corrected chi connectivity index (χ2v) is 8.45. The Hall–Kier alpha value is -3.33. The van der Waals surface area contributed by atoms with Crippen LogP contribution in [-0.4, -0.2) is 43.3 Å². The molecule has 1 N–H and O–H groups in total. The number of sulfonamides is 1. The molecule has 1 aromatic heterocycles. The van der Waals surface area contributed by atoms with Gasteiger partial charge in [0.2, 0.25) is 15.9 Å². The molecule has 0 bridgehead atoms. The zero-order chi connectivity index (χ0) is 21.6. The molecule has 1 heterocycles. The van der Waals surface area contributed by atoms with Crippen LogP contribution >= 0.6 is 0 Å². The molecule has 0 aliphatic heterocycles. The smallest absolute Gasteiger partial charge is 0.241 e. The van der Waals surface area contributed by atoms with Crippen LogP contribution in [0.4, 0.5) is 5.69 Å².